The Hall–Kier alpha value is -0.0600. The Kier molecular flexibility index (Phi) is 2.37. The fourth-order valence-electron chi connectivity index (χ4n) is 5.25. The van der Waals surface area contributed by atoms with Gasteiger partial charge in [-0.15, -0.1) is 0 Å². The van der Waals surface area contributed by atoms with Crippen molar-refractivity contribution in [2.75, 3.05) is 0 Å². The van der Waals surface area contributed by atoms with Gasteiger partial charge in [0.2, 0.25) is 0 Å². The lowest BCUT2D eigenvalue weighted by atomic mass is 9.49. The van der Waals surface area contributed by atoms with E-state index in [2.05, 4.69) is 38.6 Å². The lowest BCUT2D eigenvalue weighted by Crippen LogP contribution is -2.47. The molecular formula is C14H19IN2. The Morgan fingerprint density at radius 3 is 2.24 bits per heavy atom. The molecule has 0 saturated heterocycles. The van der Waals surface area contributed by atoms with Gasteiger partial charge in [0.25, 0.3) is 0 Å². The van der Waals surface area contributed by atoms with Crippen molar-refractivity contribution in [2.24, 2.45) is 23.2 Å². The van der Waals surface area contributed by atoms with Crippen LogP contribution in [0.15, 0.2) is 12.4 Å². The van der Waals surface area contributed by atoms with E-state index in [1.54, 1.807) is 0 Å². The van der Waals surface area contributed by atoms with Gasteiger partial charge in [0.1, 0.15) is 0 Å². The lowest BCUT2D eigenvalue weighted by molar-refractivity contribution is -0.0635. The van der Waals surface area contributed by atoms with Gasteiger partial charge in [0.15, 0.2) is 0 Å². The fraction of sp³-hybridized carbons (Fsp3) is 0.786. The van der Waals surface area contributed by atoms with E-state index in [4.69, 9.17) is 0 Å². The minimum Gasteiger partial charge on any atom is -0.271 e. The van der Waals surface area contributed by atoms with Crippen LogP contribution in [0.1, 0.15) is 38.5 Å². The number of hydrogen-bond acceptors (Lipinski definition) is 1. The molecule has 0 spiro atoms. The molecule has 1 aromatic rings. The predicted molar refractivity (Wildman–Crippen MR) is 75.5 cm³/mol. The average molecular weight is 342 g/mol. The zero-order valence-corrected chi connectivity index (χ0v) is 12.3. The van der Waals surface area contributed by atoms with Crippen molar-refractivity contribution in [1.29, 1.82) is 0 Å². The maximum absolute atomic E-state index is 4.50. The highest BCUT2D eigenvalue weighted by Gasteiger charge is 2.50. The lowest BCUT2D eigenvalue weighted by Gasteiger charge is -2.56. The molecule has 5 rings (SSSR count). The largest absolute Gasteiger partial charge is 0.271 e. The smallest absolute Gasteiger partial charge is 0.0623 e. The standard InChI is InChI=1S/C14H19IN2/c15-13-7-16-17(8-13)9-14-4-10-1-11(5-14)3-12(2-10)6-14/h7-8,10-12H,1-6,9H2. The Morgan fingerprint density at radius 1 is 1.18 bits per heavy atom. The number of halogens is 1. The molecule has 3 heteroatoms. The Balaban J connectivity index is 1.60. The van der Waals surface area contributed by atoms with Crippen LogP contribution in [-0.4, -0.2) is 9.78 Å². The second-order valence-electron chi connectivity index (χ2n) is 6.77. The molecule has 4 aliphatic rings. The van der Waals surface area contributed by atoms with Crippen molar-refractivity contribution in [3.05, 3.63) is 16.0 Å². The molecule has 2 nitrogen and oxygen atoms in total. The summed E-state index contributed by atoms with van der Waals surface area (Å²) in [4.78, 5) is 0. The van der Waals surface area contributed by atoms with Crippen LogP contribution < -0.4 is 0 Å². The van der Waals surface area contributed by atoms with E-state index < -0.39 is 0 Å². The van der Waals surface area contributed by atoms with Gasteiger partial charge >= 0.3 is 0 Å². The van der Waals surface area contributed by atoms with Gasteiger partial charge in [-0.2, -0.15) is 5.10 Å². The summed E-state index contributed by atoms with van der Waals surface area (Å²) >= 11 is 2.36. The summed E-state index contributed by atoms with van der Waals surface area (Å²) in [5, 5.41) is 4.50. The van der Waals surface area contributed by atoms with Crippen LogP contribution >= 0.6 is 22.6 Å². The third kappa shape index (κ3) is 1.85. The highest BCUT2D eigenvalue weighted by atomic mass is 127. The molecule has 4 fully saturated rings. The molecule has 0 atom stereocenters. The summed E-state index contributed by atoms with van der Waals surface area (Å²) in [6, 6.07) is 0. The number of aromatic nitrogens is 2. The number of rotatable bonds is 2. The summed E-state index contributed by atoms with van der Waals surface area (Å²) in [6.07, 6.45) is 13.3. The molecule has 0 aliphatic heterocycles. The quantitative estimate of drug-likeness (QED) is 0.750. The second kappa shape index (κ2) is 3.72. The third-order valence-electron chi connectivity index (χ3n) is 5.26. The molecular weight excluding hydrogens is 323 g/mol. The fourth-order valence-corrected chi connectivity index (χ4v) is 5.70. The van der Waals surface area contributed by atoms with Crippen LogP contribution in [0.25, 0.3) is 0 Å². The first-order valence-corrected chi connectivity index (χ1v) is 7.97. The van der Waals surface area contributed by atoms with E-state index in [1.165, 1.54) is 48.6 Å². The highest BCUT2D eigenvalue weighted by Crippen LogP contribution is 2.60. The van der Waals surface area contributed by atoms with Crippen molar-refractivity contribution in [3.63, 3.8) is 0 Å². The van der Waals surface area contributed by atoms with Crippen LogP contribution in [-0.2, 0) is 6.54 Å². The zero-order valence-electron chi connectivity index (χ0n) is 10.1. The maximum Gasteiger partial charge on any atom is 0.0623 e. The van der Waals surface area contributed by atoms with Crippen molar-refractivity contribution in [2.45, 2.75) is 45.1 Å². The molecule has 1 heterocycles. The van der Waals surface area contributed by atoms with Crippen molar-refractivity contribution in [3.8, 4) is 0 Å². The average Bonchev–Trinajstić information content (AvgIpc) is 2.60. The summed E-state index contributed by atoms with van der Waals surface area (Å²) in [5.74, 6) is 3.16. The van der Waals surface area contributed by atoms with Crippen LogP contribution in [0.5, 0.6) is 0 Å². The van der Waals surface area contributed by atoms with Gasteiger partial charge in [0.05, 0.1) is 9.77 Å². The van der Waals surface area contributed by atoms with Gasteiger partial charge in [-0.3, -0.25) is 4.68 Å². The molecule has 4 aliphatic carbocycles. The van der Waals surface area contributed by atoms with Crippen LogP contribution in [0.2, 0.25) is 0 Å². The van der Waals surface area contributed by atoms with E-state index in [-0.39, 0.29) is 0 Å². The Morgan fingerprint density at radius 2 is 1.76 bits per heavy atom. The van der Waals surface area contributed by atoms with E-state index in [1.807, 2.05) is 6.20 Å². The monoisotopic (exact) mass is 342 g/mol. The first-order valence-electron chi connectivity index (χ1n) is 6.89. The third-order valence-corrected chi connectivity index (χ3v) is 5.82. The molecule has 17 heavy (non-hydrogen) atoms. The summed E-state index contributed by atoms with van der Waals surface area (Å²) in [7, 11) is 0. The molecule has 0 radical (unpaired) electrons. The van der Waals surface area contributed by atoms with Gasteiger partial charge in [-0.1, -0.05) is 0 Å². The molecule has 0 unspecified atom stereocenters. The molecule has 0 amide bonds. The molecule has 0 aromatic carbocycles. The first-order chi connectivity index (χ1) is 8.21. The summed E-state index contributed by atoms with van der Waals surface area (Å²) < 4.78 is 3.47. The van der Waals surface area contributed by atoms with Crippen molar-refractivity contribution in [1.82, 2.24) is 9.78 Å². The Labute approximate surface area is 116 Å². The predicted octanol–water partition coefficient (Wildman–Crippen LogP) is 3.70. The minimum atomic E-state index is 0.615. The van der Waals surface area contributed by atoms with Gasteiger partial charge < -0.3 is 0 Å². The maximum atomic E-state index is 4.50. The van der Waals surface area contributed by atoms with E-state index in [0.29, 0.717) is 5.41 Å². The zero-order chi connectivity index (χ0) is 11.5. The van der Waals surface area contributed by atoms with Crippen LogP contribution in [0.4, 0.5) is 0 Å². The molecule has 4 bridgehead atoms. The summed E-state index contributed by atoms with van der Waals surface area (Å²) in [5.41, 5.74) is 0.615. The first kappa shape index (κ1) is 10.8. The minimum absolute atomic E-state index is 0.615. The molecule has 0 N–H and O–H groups in total. The Bertz CT molecular complexity index is 402. The van der Waals surface area contributed by atoms with E-state index >= 15 is 0 Å². The highest BCUT2D eigenvalue weighted by molar-refractivity contribution is 14.1. The normalized spacial score (nSPS) is 43.2. The van der Waals surface area contributed by atoms with E-state index in [0.717, 1.165) is 17.8 Å². The van der Waals surface area contributed by atoms with Gasteiger partial charge in [-0.25, -0.2) is 0 Å². The topological polar surface area (TPSA) is 17.8 Å². The second-order valence-corrected chi connectivity index (χ2v) is 8.02. The molecule has 1 aromatic heterocycles. The van der Waals surface area contributed by atoms with Crippen LogP contribution in [0.3, 0.4) is 0 Å². The number of hydrogen-bond donors (Lipinski definition) is 0. The van der Waals surface area contributed by atoms with Crippen molar-refractivity contribution >= 4 is 22.6 Å². The molecule has 4 saturated carbocycles. The van der Waals surface area contributed by atoms with Crippen molar-refractivity contribution < 1.29 is 0 Å². The van der Waals surface area contributed by atoms with E-state index in [9.17, 15) is 0 Å². The van der Waals surface area contributed by atoms with Gasteiger partial charge in [0, 0.05) is 12.7 Å². The van der Waals surface area contributed by atoms with Gasteiger partial charge in [-0.05, 0) is 84.3 Å². The SMILES string of the molecule is Ic1cnn(CC23CC4CC(CC(C4)C2)C3)c1. The van der Waals surface area contributed by atoms with Crippen LogP contribution in [0, 0.1) is 26.7 Å². The number of nitrogens with zero attached hydrogens (tertiary/aromatic N) is 2. The summed E-state index contributed by atoms with van der Waals surface area (Å²) in [6.45, 7) is 1.18. The molecule has 92 valence electrons.